The van der Waals surface area contributed by atoms with Gasteiger partial charge in [-0.25, -0.2) is 4.98 Å². The number of aliphatic hydroxyl groups excluding tert-OH is 1. The molecule has 1 aliphatic heterocycles. The number of fused-ring (bicyclic) bond motifs is 1. The van der Waals surface area contributed by atoms with Gasteiger partial charge >= 0.3 is 5.97 Å². The maximum Gasteiger partial charge on any atom is 0.310 e. The first-order valence-electron chi connectivity index (χ1n) is 8.52. The van der Waals surface area contributed by atoms with Crippen LogP contribution >= 0.6 is 15.9 Å². The van der Waals surface area contributed by atoms with Crippen molar-refractivity contribution in [3.8, 4) is 0 Å². The first kappa shape index (κ1) is 18.6. The predicted molar refractivity (Wildman–Crippen MR) is 103 cm³/mol. The number of benzene rings is 1. The van der Waals surface area contributed by atoms with Crippen molar-refractivity contribution in [3.63, 3.8) is 0 Å². The molecule has 1 aliphatic rings. The molecule has 0 radical (unpaired) electrons. The minimum Gasteiger partial charge on any atom is -0.481 e. The number of anilines is 1. The third-order valence-corrected chi connectivity index (χ3v) is 4.95. The summed E-state index contributed by atoms with van der Waals surface area (Å²) in [5.74, 6) is -0.708. The monoisotopic (exact) mass is 420 g/mol. The van der Waals surface area contributed by atoms with Crippen molar-refractivity contribution < 1.29 is 15.0 Å². The molecule has 138 valence electrons. The van der Waals surface area contributed by atoms with Gasteiger partial charge in [0.25, 0.3) is 0 Å². The molecule has 3 N–H and O–H groups in total. The standard InChI is InChI=1S/C18H21BrN4O3/c19-13-5-3-4-12(8-13)14(18(25)26)6-1-2-7-23-11-22-17-16(23)15(24)9-20-10-21-17/h3-5,8,10-11,14-15,24H,1-2,6-7,9H2,(H,20,21)(H,25,26). The SMILES string of the molecule is O=C(O)C(CCCCn1cnc2c1C(O)CN=CN2)c1cccc(Br)c1. The van der Waals surface area contributed by atoms with Gasteiger partial charge in [-0.1, -0.05) is 34.5 Å². The molecular formula is C18H21BrN4O3. The van der Waals surface area contributed by atoms with E-state index in [0.717, 1.165) is 28.6 Å². The van der Waals surface area contributed by atoms with Crippen LogP contribution in [0.4, 0.5) is 5.82 Å². The molecule has 0 bridgehead atoms. The number of carbonyl (C=O) groups is 1. The lowest BCUT2D eigenvalue weighted by Crippen LogP contribution is -2.13. The Bertz CT molecular complexity index is 805. The summed E-state index contributed by atoms with van der Waals surface area (Å²) in [6.07, 6.45) is 4.68. The van der Waals surface area contributed by atoms with Gasteiger partial charge < -0.3 is 20.1 Å². The second kappa shape index (κ2) is 8.46. The molecular weight excluding hydrogens is 400 g/mol. The number of unbranched alkanes of at least 4 members (excludes halogenated alkanes) is 1. The zero-order valence-electron chi connectivity index (χ0n) is 14.2. The number of aryl methyl sites for hydroxylation is 1. The Labute approximate surface area is 159 Å². The molecule has 0 saturated carbocycles. The molecule has 0 aliphatic carbocycles. The Morgan fingerprint density at radius 1 is 1.42 bits per heavy atom. The quantitative estimate of drug-likeness (QED) is 0.597. The minimum atomic E-state index is -0.809. The fourth-order valence-electron chi connectivity index (χ4n) is 3.16. The zero-order valence-corrected chi connectivity index (χ0v) is 15.8. The van der Waals surface area contributed by atoms with Gasteiger partial charge in [-0.2, -0.15) is 0 Å². The van der Waals surface area contributed by atoms with E-state index in [1.54, 1.807) is 12.7 Å². The van der Waals surface area contributed by atoms with Crippen LogP contribution in [-0.4, -0.2) is 38.6 Å². The van der Waals surface area contributed by atoms with Crippen LogP contribution in [0.15, 0.2) is 40.1 Å². The number of hydrogen-bond donors (Lipinski definition) is 3. The summed E-state index contributed by atoms with van der Waals surface area (Å²) >= 11 is 3.39. The van der Waals surface area contributed by atoms with Crippen LogP contribution in [0, 0.1) is 0 Å². The highest BCUT2D eigenvalue weighted by Crippen LogP contribution is 2.27. The van der Waals surface area contributed by atoms with Crippen LogP contribution in [0.5, 0.6) is 0 Å². The van der Waals surface area contributed by atoms with Gasteiger partial charge in [-0.05, 0) is 30.5 Å². The highest BCUT2D eigenvalue weighted by molar-refractivity contribution is 9.10. The van der Waals surface area contributed by atoms with Gasteiger partial charge in [-0.3, -0.25) is 9.79 Å². The van der Waals surface area contributed by atoms with Crippen LogP contribution in [0.3, 0.4) is 0 Å². The maximum atomic E-state index is 11.6. The molecule has 26 heavy (non-hydrogen) atoms. The molecule has 2 aromatic rings. The van der Waals surface area contributed by atoms with E-state index >= 15 is 0 Å². The molecule has 8 heteroatoms. The van der Waals surface area contributed by atoms with E-state index in [2.05, 4.69) is 31.2 Å². The Morgan fingerprint density at radius 3 is 3.04 bits per heavy atom. The number of halogens is 1. The van der Waals surface area contributed by atoms with Gasteiger partial charge in [0.2, 0.25) is 0 Å². The molecule has 0 saturated heterocycles. The van der Waals surface area contributed by atoms with Crippen LogP contribution in [0.2, 0.25) is 0 Å². The number of carboxylic acids is 1. The first-order valence-corrected chi connectivity index (χ1v) is 9.31. The van der Waals surface area contributed by atoms with Crippen molar-refractivity contribution in [1.82, 2.24) is 9.55 Å². The second-order valence-corrected chi connectivity index (χ2v) is 7.18. The molecule has 0 amide bonds. The van der Waals surface area contributed by atoms with E-state index in [1.807, 2.05) is 28.8 Å². The lowest BCUT2D eigenvalue weighted by molar-refractivity contribution is -0.139. The summed E-state index contributed by atoms with van der Waals surface area (Å²) < 4.78 is 2.79. The number of aliphatic imine (C=N–C) groups is 1. The van der Waals surface area contributed by atoms with E-state index in [0.29, 0.717) is 25.3 Å². The van der Waals surface area contributed by atoms with E-state index < -0.39 is 18.0 Å². The van der Waals surface area contributed by atoms with E-state index in [9.17, 15) is 15.0 Å². The van der Waals surface area contributed by atoms with Gasteiger partial charge in [-0.15, -0.1) is 0 Å². The number of carboxylic acid groups (broad SMARTS) is 1. The predicted octanol–water partition coefficient (Wildman–Crippen LogP) is 3.17. The normalized spacial score (nSPS) is 17.2. The van der Waals surface area contributed by atoms with Crippen molar-refractivity contribution in [1.29, 1.82) is 0 Å². The number of aliphatic hydroxyl groups is 1. The lowest BCUT2D eigenvalue weighted by atomic mass is 9.94. The summed E-state index contributed by atoms with van der Waals surface area (Å²) in [6, 6.07) is 7.45. The van der Waals surface area contributed by atoms with Crippen molar-refractivity contribution >= 4 is 34.1 Å². The number of imidazole rings is 1. The van der Waals surface area contributed by atoms with Crippen molar-refractivity contribution in [2.24, 2.45) is 4.99 Å². The van der Waals surface area contributed by atoms with Crippen LogP contribution < -0.4 is 5.32 Å². The van der Waals surface area contributed by atoms with Crippen LogP contribution in [-0.2, 0) is 11.3 Å². The van der Waals surface area contributed by atoms with E-state index in [4.69, 9.17) is 0 Å². The summed E-state index contributed by atoms with van der Waals surface area (Å²) in [7, 11) is 0. The third kappa shape index (κ3) is 4.31. The Kier molecular flexibility index (Phi) is 6.05. The molecule has 1 aromatic carbocycles. The summed E-state index contributed by atoms with van der Waals surface area (Å²) in [6.45, 7) is 0.974. The smallest absolute Gasteiger partial charge is 0.310 e. The molecule has 1 aromatic heterocycles. The molecule has 7 nitrogen and oxygen atoms in total. The number of aliphatic carboxylic acids is 1. The molecule has 0 spiro atoms. The first-order chi connectivity index (χ1) is 12.6. The number of nitrogens with one attached hydrogen (secondary N) is 1. The van der Waals surface area contributed by atoms with Gasteiger partial charge in [0.05, 0.1) is 30.8 Å². The lowest BCUT2D eigenvalue weighted by Gasteiger charge is -2.15. The Hall–Kier alpha value is -2.19. The number of rotatable bonds is 7. The maximum absolute atomic E-state index is 11.6. The summed E-state index contributed by atoms with van der Waals surface area (Å²) in [5, 5.41) is 22.7. The fourth-order valence-corrected chi connectivity index (χ4v) is 3.58. The average molecular weight is 421 g/mol. The van der Waals surface area contributed by atoms with E-state index in [1.165, 1.54) is 0 Å². The second-order valence-electron chi connectivity index (χ2n) is 6.27. The molecule has 0 fully saturated rings. The van der Waals surface area contributed by atoms with Gasteiger partial charge in [0, 0.05) is 11.0 Å². The van der Waals surface area contributed by atoms with Crippen molar-refractivity contribution in [2.75, 3.05) is 11.9 Å². The number of nitrogens with zero attached hydrogens (tertiary/aromatic N) is 3. The molecule has 3 rings (SSSR count). The van der Waals surface area contributed by atoms with E-state index in [-0.39, 0.29) is 0 Å². The fraction of sp³-hybridized carbons (Fsp3) is 0.389. The van der Waals surface area contributed by atoms with Gasteiger partial charge in [0.15, 0.2) is 5.82 Å². The summed E-state index contributed by atoms with van der Waals surface area (Å²) in [4.78, 5) is 19.9. The highest BCUT2D eigenvalue weighted by Gasteiger charge is 2.22. The highest BCUT2D eigenvalue weighted by atomic mass is 79.9. The van der Waals surface area contributed by atoms with Gasteiger partial charge in [0.1, 0.15) is 6.10 Å². The van der Waals surface area contributed by atoms with Crippen LogP contribution in [0.1, 0.15) is 42.5 Å². The van der Waals surface area contributed by atoms with Crippen molar-refractivity contribution in [3.05, 3.63) is 46.3 Å². The Balaban J connectivity index is 1.58. The number of aromatic nitrogens is 2. The minimum absolute atomic E-state index is 0.301. The topological polar surface area (TPSA) is 99.7 Å². The molecule has 2 atom stereocenters. The summed E-state index contributed by atoms with van der Waals surface area (Å²) in [5.41, 5.74) is 1.53. The molecule has 2 unspecified atom stereocenters. The third-order valence-electron chi connectivity index (χ3n) is 4.46. The average Bonchev–Trinajstić information content (AvgIpc) is 2.91. The van der Waals surface area contributed by atoms with Crippen LogP contribution in [0.25, 0.3) is 0 Å². The zero-order chi connectivity index (χ0) is 18.5. The van der Waals surface area contributed by atoms with Crippen molar-refractivity contribution in [2.45, 2.75) is 37.8 Å². The largest absolute Gasteiger partial charge is 0.481 e. The number of hydrogen-bond acceptors (Lipinski definition) is 5. The Morgan fingerprint density at radius 2 is 2.27 bits per heavy atom. The molecule has 2 heterocycles.